The van der Waals surface area contributed by atoms with Gasteiger partial charge in [-0.1, -0.05) is 35.9 Å². The Labute approximate surface area is 157 Å². The molecule has 2 aromatic carbocycles. The molecule has 1 heterocycles. The van der Waals surface area contributed by atoms with E-state index in [2.05, 4.69) is 16.4 Å². The third-order valence-corrected chi connectivity index (χ3v) is 5.48. The van der Waals surface area contributed by atoms with Gasteiger partial charge >= 0.3 is 0 Å². The van der Waals surface area contributed by atoms with Gasteiger partial charge in [0.25, 0.3) is 5.91 Å². The highest BCUT2D eigenvalue weighted by molar-refractivity contribution is 6.31. The van der Waals surface area contributed by atoms with Crippen molar-refractivity contribution in [3.05, 3.63) is 70.4 Å². The van der Waals surface area contributed by atoms with Crippen molar-refractivity contribution in [2.45, 2.75) is 31.3 Å². The quantitative estimate of drug-likeness (QED) is 0.660. The van der Waals surface area contributed by atoms with Crippen LogP contribution in [0.2, 0.25) is 5.02 Å². The second kappa shape index (κ2) is 6.78. The van der Waals surface area contributed by atoms with Crippen LogP contribution in [-0.4, -0.2) is 28.1 Å². The first-order chi connectivity index (χ1) is 12.5. The van der Waals surface area contributed by atoms with Gasteiger partial charge in [-0.25, -0.2) is 0 Å². The van der Waals surface area contributed by atoms with Gasteiger partial charge in [0.1, 0.15) is 5.60 Å². The fourth-order valence-corrected chi connectivity index (χ4v) is 3.92. The first-order valence-corrected chi connectivity index (χ1v) is 9.26. The monoisotopic (exact) mass is 368 g/mol. The minimum atomic E-state index is -1.32. The lowest BCUT2D eigenvalue weighted by Crippen LogP contribution is -2.50. The van der Waals surface area contributed by atoms with E-state index in [0.717, 1.165) is 28.5 Å². The summed E-state index contributed by atoms with van der Waals surface area (Å²) >= 11 is 6.08. The number of aromatic nitrogens is 1. The minimum Gasteiger partial charge on any atom is -0.380 e. The molecule has 4 rings (SSSR count). The van der Waals surface area contributed by atoms with E-state index in [1.165, 1.54) is 5.56 Å². The Bertz CT molecular complexity index is 966. The number of carbonyl (C=O) groups is 1. The second-order valence-electron chi connectivity index (χ2n) is 6.99. The Morgan fingerprint density at radius 1 is 1.23 bits per heavy atom. The molecule has 1 aliphatic rings. The molecule has 3 aromatic rings. The lowest BCUT2D eigenvalue weighted by Gasteiger charge is -2.32. The summed E-state index contributed by atoms with van der Waals surface area (Å²) in [5.74, 6) is -0.287. The summed E-state index contributed by atoms with van der Waals surface area (Å²) in [7, 11) is 0. The van der Waals surface area contributed by atoms with Crippen LogP contribution < -0.4 is 5.32 Å². The van der Waals surface area contributed by atoms with E-state index in [1.54, 1.807) is 0 Å². The second-order valence-corrected chi connectivity index (χ2v) is 7.42. The maximum absolute atomic E-state index is 12.6. The van der Waals surface area contributed by atoms with Gasteiger partial charge in [-0.05, 0) is 54.2 Å². The van der Waals surface area contributed by atoms with Gasteiger partial charge in [0, 0.05) is 35.1 Å². The van der Waals surface area contributed by atoms with Crippen LogP contribution in [0.1, 0.15) is 23.1 Å². The highest BCUT2D eigenvalue weighted by atomic mass is 35.5. The number of fused-ring (bicyclic) bond motifs is 2. The maximum atomic E-state index is 12.6. The van der Waals surface area contributed by atoms with Gasteiger partial charge in [0.2, 0.25) is 0 Å². The molecular formula is C21H21ClN2O2. The SMILES string of the molecule is O=C(NCCc1c[nH]c2ccc(Cl)cc12)C1(O)CCc2ccccc2C1. The van der Waals surface area contributed by atoms with E-state index in [-0.39, 0.29) is 5.91 Å². The van der Waals surface area contributed by atoms with Crippen molar-refractivity contribution in [3.63, 3.8) is 0 Å². The fourth-order valence-electron chi connectivity index (χ4n) is 3.75. The number of halogens is 1. The number of H-pyrrole nitrogens is 1. The number of nitrogens with one attached hydrogen (secondary N) is 2. The molecule has 1 atom stereocenters. The lowest BCUT2D eigenvalue weighted by molar-refractivity contribution is -0.140. The highest BCUT2D eigenvalue weighted by Gasteiger charge is 2.38. The zero-order valence-electron chi connectivity index (χ0n) is 14.4. The molecule has 26 heavy (non-hydrogen) atoms. The Morgan fingerprint density at radius 3 is 2.88 bits per heavy atom. The molecule has 1 amide bonds. The Morgan fingerprint density at radius 2 is 2.04 bits per heavy atom. The van der Waals surface area contributed by atoms with E-state index in [0.29, 0.717) is 30.8 Å². The summed E-state index contributed by atoms with van der Waals surface area (Å²) in [5.41, 5.74) is 3.09. The van der Waals surface area contributed by atoms with Crippen LogP contribution in [0.15, 0.2) is 48.7 Å². The predicted octanol–water partition coefficient (Wildman–Crippen LogP) is 3.40. The Kier molecular flexibility index (Phi) is 4.47. The summed E-state index contributed by atoms with van der Waals surface area (Å²) in [6, 6.07) is 13.7. The van der Waals surface area contributed by atoms with Crippen molar-refractivity contribution < 1.29 is 9.90 Å². The number of rotatable bonds is 4. The number of hydrogen-bond donors (Lipinski definition) is 3. The van der Waals surface area contributed by atoms with Gasteiger partial charge in [0.05, 0.1) is 0 Å². The molecule has 0 fully saturated rings. The van der Waals surface area contributed by atoms with Crippen molar-refractivity contribution in [1.29, 1.82) is 0 Å². The number of benzene rings is 2. The van der Waals surface area contributed by atoms with Gasteiger partial charge < -0.3 is 15.4 Å². The number of amides is 1. The average molecular weight is 369 g/mol. The molecule has 134 valence electrons. The van der Waals surface area contributed by atoms with E-state index in [9.17, 15) is 9.90 Å². The molecule has 0 aliphatic heterocycles. The van der Waals surface area contributed by atoms with Crippen molar-refractivity contribution in [1.82, 2.24) is 10.3 Å². The predicted molar refractivity (Wildman–Crippen MR) is 103 cm³/mol. The summed E-state index contributed by atoms with van der Waals surface area (Å²) in [5, 5.41) is 15.5. The number of aromatic amines is 1. The van der Waals surface area contributed by atoms with Crippen LogP contribution >= 0.6 is 11.6 Å². The van der Waals surface area contributed by atoms with Crippen molar-refractivity contribution in [2.24, 2.45) is 0 Å². The van der Waals surface area contributed by atoms with Gasteiger partial charge in [0.15, 0.2) is 0 Å². The Hall–Kier alpha value is -2.30. The van der Waals surface area contributed by atoms with Crippen LogP contribution in [0, 0.1) is 0 Å². The number of aliphatic hydroxyl groups is 1. The van der Waals surface area contributed by atoms with Crippen LogP contribution in [-0.2, 0) is 24.1 Å². The lowest BCUT2D eigenvalue weighted by atomic mass is 9.80. The van der Waals surface area contributed by atoms with Gasteiger partial charge in [-0.15, -0.1) is 0 Å². The summed E-state index contributed by atoms with van der Waals surface area (Å²) in [6.07, 6.45) is 4.18. The van der Waals surface area contributed by atoms with E-state index in [1.807, 2.05) is 42.6 Å². The number of carbonyl (C=O) groups excluding carboxylic acids is 1. The maximum Gasteiger partial charge on any atom is 0.252 e. The third-order valence-electron chi connectivity index (χ3n) is 5.24. The molecule has 0 bridgehead atoms. The van der Waals surface area contributed by atoms with Crippen LogP contribution in [0.25, 0.3) is 10.9 Å². The zero-order valence-corrected chi connectivity index (χ0v) is 15.1. The number of hydrogen-bond acceptors (Lipinski definition) is 2. The minimum absolute atomic E-state index is 0.287. The first kappa shape index (κ1) is 17.1. The van der Waals surface area contributed by atoms with Crippen molar-refractivity contribution in [3.8, 4) is 0 Å². The molecule has 1 unspecified atom stereocenters. The molecule has 0 radical (unpaired) electrons. The van der Waals surface area contributed by atoms with Gasteiger partial charge in [-0.3, -0.25) is 4.79 Å². The molecule has 5 heteroatoms. The standard InChI is InChI=1S/C21H21ClN2O2/c22-17-5-6-19-18(11-17)16(13-24-19)8-10-23-20(25)21(26)9-7-14-3-1-2-4-15(14)12-21/h1-6,11,13,24,26H,7-10,12H2,(H,23,25). The molecule has 0 spiro atoms. The van der Waals surface area contributed by atoms with E-state index >= 15 is 0 Å². The molecule has 4 nitrogen and oxygen atoms in total. The zero-order chi connectivity index (χ0) is 18.1. The van der Waals surface area contributed by atoms with E-state index < -0.39 is 5.60 Å². The fraction of sp³-hybridized carbons (Fsp3) is 0.286. The van der Waals surface area contributed by atoms with Crippen LogP contribution in [0.3, 0.4) is 0 Å². The molecule has 1 aliphatic carbocycles. The van der Waals surface area contributed by atoms with Gasteiger partial charge in [-0.2, -0.15) is 0 Å². The highest BCUT2D eigenvalue weighted by Crippen LogP contribution is 2.29. The average Bonchev–Trinajstić information content (AvgIpc) is 3.03. The molecule has 0 saturated heterocycles. The topological polar surface area (TPSA) is 65.1 Å². The van der Waals surface area contributed by atoms with Crippen molar-refractivity contribution in [2.75, 3.05) is 6.54 Å². The molecule has 3 N–H and O–H groups in total. The van der Waals surface area contributed by atoms with E-state index in [4.69, 9.17) is 11.6 Å². The number of aryl methyl sites for hydroxylation is 1. The third kappa shape index (κ3) is 3.22. The molecule has 0 saturated carbocycles. The normalized spacial score (nSPS) is 19.3. The molecular weight excluding hydrogens is 348 g/mol. The van der Waals surface area contributed by atoms with Crippen molar-refractivity contribution >= 4 is 28.4 Å². The Balaban J connectivity index is 1.40. The summed E-state index contributed by atoms with van der Waals surface area (Å²) in [4.78, 5) is 15.8. The molecule has 1 aromatic heterocycles. The van der Waals surface area contributed by atoms with Crippen LogP contribution in [0.4, 0.5) is 0 Å². The largest absolute Gasteiger partial charge is 0.380 e. The first-order valence-electron chi connectivity index (χ1n) is 8.88. The summed E-state index contributed by atoms with van der Waals surface area (Å²) in [6.45, 7) is 0.474. The summed E-state index contributed by atoms with van der Waals surface area (Å²) < 4.78 is 0. The smallest absolute Gasteiger partial charge is 0.252 e. The van der Waals surface area contributed by atoms with Crippen LogP contribution in [0.5, 0.6) is 0 Å².